The smallest absolute Gasteiger partial charge is 0.224 e. The number of pyridine rings is 1. The highest BCUT2D eigenvalue weighted by Gasteiger charge is 2.48. The van der Waals surface area contributed by atoms with Gasteiger partial charge in [-0.25, -0.2) is 15.0 Å². The molecule has 1 aliphatic carbocycles. The number of nitrogens with zero attached hydrogens (tertiary/aromatic N) is 4. The third kappa shape index (κ3) is 3.11. The van der Waals surface area contributed by atoms with Crippen LogP contribution >= 0.6 is 0 Å². The van der Waals surface area contributed by atoms with Crippen LogP contribution in [0.5, 0.6) is 5.88 Å². The summed E-state index contributed by atoms with van der Waals surface area (Å²) in [5.74, 6) is 1.85. The number of carbonyl (C=O) groups excluding carboxylic acids is 1. The maximum absolute atomic E-state index is 12.6. The van der Waals surface area contributed by atoms with Crippen molar-refractivity contribution in [2.45, 2.75) is 45.7 Å². The lowest BCUT2D eigenvalue weighted by Crippen LogP contribution is -2.51. The predicted molar refractivity (Wildman–Crippen MR) is 103 cm³/mol. The fourth-order valence-electron chi connectivity index (χ4n) is 4.28. The Morgan fingerprint density at radius 3 is 2.63 bits per heavy atom. The minimum absolute atomic E-state index is 0.0542. The molecule has 0 saturated heterocycles. The molecule has 4 rings (SSSR count). The van der Waals surface area contributed by atoms with E-state index in [9.17, 15) is 4.79 Å². The third-order valence-electron chi connectivity index (χ3n) is 5.58. The number of ether oxygens (including phenoxy) is 1. The van der Waals surface area contributed by atoms with E-state index in [1.165, 1.54) is 0 Å². The van der Waals surface area contributed by atoms with E-state index >= 15 is 0 Å². The Balaban J connectivity index is 1.84. The lowest BCUT2D eigenvalue weighted by molar-refractivity contribution is -0.117. The summed E-state index contributed by atoms with van der Waals surface area (Å²) in [6.45, 7) is 5.76. The molecule has 1 aliphatic heterocycles. The summed E-state index contributed by atoms with van der Waals surface area (Å²) >= 11 is 0. The molecule has 0 aromatic carbocycles. The molecule has 0 bridgehead atoms. The van der Waals surface area contributed by atoms with E-state index in [2.05, 4.69) is 27.2 Å². The van der Waals surface area contributed by atoms with E-state index in [1.54, 1.807) is 26.4 Å². The molecule has 1 saturated carbocycles. The van der Waals surface area contributed by atoms with Gasteiger partial charge in [-0.2, -0.15) is 0 Å². The van der Waals surface area contributed by atoms with Gasteiger partial charge in [-0.1, -0.05) is 6.92 Å². The molecule has 2 aliphatic rings. The maximum atomic E-state index is 12.6. The minimum atomic E-state index is -0.0911. The Labute approximate surface area is 159 Å². The van der Waals surface area contributed by atoms with E-state index in [4.69, 9.17) is 4.74 Å². The standard InChI is InChI=1S/C20H25N5O2/c1-11-7-9-22-20(23-11)24-17-12(2)18(14-5-6-14)25(13(3)26)15-8-10-21-19(27-4)16(15)17/h7-10,12,14,17-18H,5-6H2,1-4H3,(H,22,23,24)/t12-,17?,18?/m1/s1. The van der Waals surface area contributed by atoms with Crippen molar-refractivity contribution in [2.24, 2.45) is 11.8 Å². The second-order valence-electron chi connectivity index (χ2n) is 7.47. The lowest BCUT2D eigenvalue weighted by Gasteiger charge is -2.45. The number of nitrogens with one attached hydrogen (secondary N) is 1. The number of aryl methyl sites for hydroxylation is 1. The molecular formula is C20H25N5O2. The molecule has 1 amide bonds. The number of fused-ring (bicyclic) bond motifs is 1. The lowest BCUT2D eigenvalue weighted by atomic mass is 9.80. The Kier molecular flexibility index (Phi) is 4.45. The topological polar surface area (TPSA) is 80.2 Å². The van der Waals surface area contributed by atoms with Crippen molar-refractivity contribution in [1.82, 2.24) is 15.0 Å². The van der Waals surface area contributed by atoms with E-state index in [0.29, 0.717) is 17.7 Å². The van der Waals surface area contributed by atoms with Crippen molar-refractivity contribution >= 4 is 17.5 Å². The SMILES string of the molecule is COc1nccc2c1C(Nc1nccc(C)n1)[C@@H](C)C(C1CC1)N2C(C)=O. The molecule has 2 unspecified atom stereocenters. The van der Waals surface area contributed by atoms with Crippen molar-refractivity contribution in [3.8, 4) is 5.88 Å². The van der Waals surface area contributed by atoms with Crippen LogP contribution in [0, 0.1) is 18.8 Å². The van der Waals surface area contributed by atoms with Crippen molar-refractivity contribution in [3.63, 3.8) is 0 Å². The molecule has 0 spiro atoms. The molecular weight excluding hydrogens is 342 g/mol. The van der Waals surface area contributed by atoms with Crippen molar-refractivity contribution in [1.29, 1.82) is 0 Å². The number of hydrogen-bond donors (Lipinski definition) is 1. The first-order valence-electron chi connectivity index (χ1n) is 9.40. The van der Waals surface area contributed by atoms with Gasteiger partial charge in [-0.05, 0) is 37.8 Å². The van der Waals surface area contributed by atoms with E-state index in [-0.39, 0.29) is 23.9 Å². The van der Waals surface area contributed by atoms with Crippen LogP contribution in [-0.4, -0.2) is 34.0 Å². The molecule has 1 fully saturated rings. The number of anilines is 2. The molecule has 2 aromatic heterocycles. The molecule has 1 N–H and O–H groups in total. The van der Waals surface area contributed by atoms with Crippen LogP contribution in [0.1, 0.15) is 44.0 Å². The number of rotatable bonds is 4. The van der Waals surface area contributed by atoms with Crippen LogP contribution in [0.15, 0.2) is 24.5 Å². The molecule has 7 nitrogen and oxygen atoms in total. The van der Waals surface area contributed by atoms with Gasteiger partial charge < -0.3 is 15.0 Å². The minimum Gasteiger partial charge on any atom is -0.481 e. The summed E-state index contributed by atoms with van der Waals surface area (Å²) in [4.78, 5) is 27.8. The van der Waals surface area contributed by atoms with Gasteiger partial charge >= 0.3 is 0 Å². The predicted octanol–water partition coefficient (Wildman–Crippen LogP) is 3.12. The van der Waals surface area contributed by atoms with Crippen molar-refractivity contribution in [2.75, 3.05) is 17.3 Å². The van der Waals surface area contributed by atoms with Gasteiger partial charge in [0.05, 0.1) is 24.4 Å². The number of carbonyl (C=O) groups is 1. The summed E-state index contributed by atoms with van der Waals surface area (Å²) in [5.41, 5.74) is 2.66. The Bertz CT molecular complexity index is 867. The molecule has 0 radical (unpaired) electrons. The number of aromatic nitrogens is 3. The highest BCUT2D eigenvalue weighted by molar-refractivity contribution is 5.94. The summed E-state index contributed by atoms with van der Waals surface area (Å²) in [5, 5.41) is 3.49. The van der Waals surface area contributed by atoms with E-state index in [1.807, 2.05) is 24.0 Å². The van der Waals surface area contributed by atoms with Gasteiger partial charge in [0.25, 0.3) is 0 Å². The number of hydrogen-bond acceptors (Lipinski definition) is 6. The molecule has 2 aromatic rings. The van der Waals surface area contributed by atoms with Gasteiger partial charge in [-0.15, -0.1) is 0 Å². The highest BCUT2D eigenvalue weighted by atomic mass is 16.5. The third-order valence-corrected chi connectivity index (χ3v) is 5.58. The Morgan fingerprint density at radius 2 is 2.00 bits per heavy atom. The van der Waals surface area contributed by atoms with Crippen LogP contribution in [-0.2, 0) is 4.79 Å². The first-order chi connectivity index (χ1) is 13.0. The van der Waals surface area contributed by atoms with Gasteiger partial charge in [0.15, 0.2) is 0 Å². The summed E-state index contributed by atoms with van der Waals surface area (Å²) in [7, 11) is 1.61. The Hall–Kier alpha value is -2.70. The highest BCUT2D eigenvalue weighted by Crippen LogP contribution is 2.51. The van der Waals surface area contributed by atoms with Gasteiger partial charge in [0, 0.05) is 37.0 Å². The summed E-state index contributed by atoms with van der Waals surface area (Å²) < 4.78 is 5.56. The van der Waals surface area contributed by atoms with E-state index in [0.717, 1.165) is 29.8 Å². The van der Waals surface area contributed by atoms with Gasteiger partial charge in [0.1, 0.15) is 0 Å². The Morgan fingerprint density at radius 1 is 1.26 bits per heavy atom. The monoisotopic (exact) mass is 367 g/mol. The van der Waals surface area contributed by atoms with Crippen molar-refractivity contribution in [3.05, 3.63) is 35.8 Å². The average molecular weight is 367 g/mol. The van der Waals surface area contributed by atoms with Gasteiger partial charge in [-0.3, -0.25) is 4.79 Å². The van der Waals surface area contributed by atoms with Gasteiger partial charge in [0.2, 0.25) is 17.7 Å². The first kappa shape index (κ1) is 17.7. The molecule has 142 valence electrons. The van der Waals surface area contributed by atoms with Crippen LogP contribution < -0.4 is 15.0 Å². The normalized spacial score (nSPS) is 24.3. The molecule has 3 atom stereocenters. The summed E-state index contributed by atoms with van der Waals surface area (Å²) in [6.07, 6.45) is 5.77. The maximum Gasteiger partial charge on any atom is 0.224 e. The van der Waals surface area contributed by atoms with Crippen LogP contribution in [0.3, 0.4) is 0 Å². The quantitative estimate of drug-likeness (QED) is 0.894. The zero-order valence-corrected chi connectivity index (χ0v) is 16.1. The first-order valence-corrected chi connectivity index (χ1v) is 9.40. The zero-order valence-electron chi connectivity index (χ0n) is 16.1. The fraction of sp³-hybridized carbons (Fsp3) is 0.500. The summed E-state index contributed by atoms with van der Waals surface area (Å²) in [6, 6.07) is 3.83. The second-order valence-corrected chi connectivity index (χ2v) is 7.47. The molecule has 7 heteroatoms. The largest absolute Gasteiger partial charge is 0.481 e. The zero-order chi connectivity index (χ0) is 19.1. The van der Waals surface area contributed by atoms with Crippen LogP contribution in [0.2, 0.25) is 0 Å². The fourth-order valence-corrected chi connectivity index (χ4v) is 4.28. The molecule has 3 heterocycles. The number of amides is 1. The average Bonchev–Trinajstić information content (AvgIpc) is 3.47. The second kappa shape index (κ2) is 6.79. The van der Waals surface area contributed by atoms with Crippen molar-refractivity contribution < 1.29 is 9.53 Å². The molecule has 27 heavy (non-hydrogen) atoms. The number of methoxy groups -OCH3 is 1. The van der Waals surface area contributed by atoms with E-state index < -0.39 is 0 Å². The van der Waals surface area contributed by atoms with Crippen LogP contribution in [0.25, 0.3) is 0 Å². The van der Waals surface area contributed by atoms with Crippen LogP contribution in [0.4, 0.5) is 11.6 Å².